The van der Waals surface area contributed by atoms with Crippen molar-refractivity contribution in [1.29, 1.82) is 0 Å². The van der Waals surface area contributed by atoms with Crippen LogP contribution in [0.2, 0.25) is 0 Å². The Morgan fingerprint density at radius 2 is 2.20 bits per heavy atom. The summed E-state index contributed by atoms with van der Waals surface area (Å²) in [5, 5.41) is 19.1. The van der Waals surface area contributed by atoms with Gasteiger partial charge in [-0.1, -0.05) is 0 Å². The van der Waals surface area contributed by atoms with E-state index in [1.165, 1.54) is 0 Å². The van der Waals surface area contributed by atoms with Gasteiger partial charge in [0.05, 0.1) is 10.5 Å². The van der Waals surface area contributed by atoms with Gasteiger partial charge in [-0.25, -0.2) is 4.39 Å². The second-order valence-corrected chi connectivity index (χ2v) is 2.78. The van der Waals surface area contributed by atoms with Gasteiger partial charge in [0.1, 0.15) is 11.9 Å². The van der Waals surface area contributed by atoms with E-state index in [-0.39, 0.29) is 5.56 Å². The first-order chi connectivity index (χ1) is 6.93. The van der Waals surface area contributed by atoms with E-state index in [9.17, 15) is 19.3 Å². The Labute approximate surface area is 83.3 Å². The lowest BCUT2D eigenvalue weighted by molar-refractivity contribution is -0.385. The number of carboxylic acids is 1. The number of hydrogen-bond acceptors (Lipinski definition) is 4. The van der Waals surface area contributed by atoms with E-state index in [1.54, 1.807) is 0 Å². The predicted octanol–water partition coefficient (Wildman–Crippen LogP) is 0.818. The van der Waals surface area contributed by atoms with Crippen molar-refractivity contribution in [2.24, 2.45) is 5.73 Å². The molecule has 7 heteroatoms. The van der Waals surface area contributed by atoms with Gasteiger partial charge < -0.3 is 10.8 Å². The van der Waals surface area contributed by atoms with Crippen molar-refractivity contribution in [3.8, 4) is 0 Å². The molecule has 0 aliphatic rings. The number of rotatable bonds is 3. The summed E-state index contributed by atoms with van der Waals surface area (Å²) < 4.78 is 12.8. The molecule has 0 aliphatic heterocycles. The third kappa shape index (κ3) is 2.26. The number of nitrogens with zero attached hydrogens (tertiary/aromatic N) is 1. The van der Waals surface area contributed by atoms with Gasteiger partial charge in [-0.15, -0.1) is 0 Å². The molecule has 0 aliphatic carbocycles. The van der Waals surface area contributed by atoms with Gasteiger partial charge in [0, 0.05) is 6.07 Å². The van der Waals surface area contributed by atoms with Crippen molar-refractivity contribution in [3.05, 3.63) is 39.7 Å². The van der Waals surface area contributed by atoms with E-state index in [0.29, 0.717) is 0 Å². The molecule has 1 atom stereocenters. The second kappa shape index (κ2) is 4.01. The lowest BCUT2D eigenvalue weighted by atomic mass is 10.1. The molecule has 0 fully saturated rings. The van der Waals surface area contributed by atoms with Crippen LogP contribution in [-0.4, -0.2) is 16.0 Å². The number of nitrogens with two attached hydrogens (primary N) is 1. The highest BCUT2D eigenvalue weighted by molar-refractivity contribution is 5.77. The van der Waals surface area contributed by atoms with E-state index in [1.807, 2.05) is 0 Å². The fourth-order valence-electron chi connectivity index (χ4n) is 1.07. The number of aliphatic carboxylic acids is 1. The third-order valence-corrected chi connectivity index (χ3v) is 1.79. The Balaban J connectivity index is 3.30. The van der Waals surface area contributed by atoms with E-state index >= 15 is 0 Å². The molecule has 1 aromatic rings. The lowest BCUT2D eigenvalue weighted by Crippen LogP contribution is -2.21. The Morgan fingerprint density at radius 1 is 1.60 bits per heavy atom. The molecular formula is C8H7FN2O4. The zero-order valence-electron chi connectivity index (χ0n) is 7.38. The van der Waals surface area contributed by atoms with E-state index in [4.69, 9.17) is 10.8 Å². The van der Waals surface area contributed by atoms with Crippen LogP contribution in [0.1, 0.15) is 11.6 Å². The maximum atomic E-state index is 12.8. The minimum Gasteiger partial charge on any atom is -0.480 e. The molecule has 0 radical (unpaired) electrons. The van der Waals surface area contributed by atoms with Gasteiger partial charge in [-0.2, -0.15) is 0 Å². The van der Waals surface area contributed by atoms with E-state index in [0.717, 1.165) is 18.2 Å². The molecule has 0 saturated carbocycles. The number of hydrogen-bond donors (Lipinski definition) is 2. The van der Waals surface area contributed by atoms with Gasteiger partial charge in [-0.05, 0) is 12.1 Å². The quantitative estimate of drug-likeness (QED) is 0.572. The summed E-state index contributed by atoms with van der Waals surface area (Å²) in [6, 6.07) is 0.890. The zero-order chi connectivity index (χ0) is 11.6. The first kappa shape index (κ1) is 11.1. The van der Waals surface area contributed by atoms with Gasteiger partial charge in [0.15, 0.2) is 0 Å². The number of nitro groups is 1. The average Bonchev–Trinajstić information content (AvgIpc) is 2.15. The third-order valence-electron chi connectivity index (χ3n) is 1.79. The molecule has 15 heavy (non-hydrogen) atoms. The second-order valence-electron chi connectivity index (χ2n) is 2.78. The topological polar surface area (TPSA) is 106 Å². The standard InChI is InChI=1S/C8H7FN2O4/c9-4-1-2-6(11(14)15)5(3-4)7(10)8(12)13/h1-3,7H,10H2,(H,12,13). The van der Waals surface area contributed by atoms with Crippen LogP contribution in [0.25, 0.3) is 0 Å². The summed E-state index contributed by atoms with van der Waals surface area (Å²) in [4.78, 5) is 20.2. The monoisotopic (exact) mass is 214 g/mol. The van der Waals surface area contributed by atoms with E-state index in [2.05, 4.69) is 0 Å². The fraction of sp³-hybridized carbons (Fsp3) is 0.125. The molecule has 80 valence electrons. The maximum absolute atomic E-state index is 12.8. The molecule has 1 aromatic carbocycles. The fourth-order valence-corrected chi connectivity index (χ4v) is 1.07. The molecule has 0 bridgehead atoms. The van der Waals surface area contributed by atoms with Crippen molar-refractivity contribution < 1.29 is 19.2 Å². The highest BCUT2D eigenvalue weighted by Crippen LogP contribution is 2.24. The van der Waals surface area contributed by atoms with Crippen molar-refractivity contribution in [3.63, 3.8) is 0 Å². The van der Waals surface area contributed by atoms with Crippen LogP contribution in [0, 0.1) is 15.9 Å². The molecule has 0 heterocycles. The number of nitro benzene ring substituents is 1. The summed E-state index contributed by atoms with van der Waals surface area (Å²) in [5.41, 5.74) is 4.31. The van der Waals surface area contributed by atoms with Gasteiger partial charge in [-0.3, -0.25) is 14.9 Å². The smallest absolute Gasteiger partial charge is 0.325 e. The summed E-state index contributed by atoms with van der Waals surface area (Å²) >= 11 is 0. The highest BCUT2D eigenvalue weighted by Gasteiger charge is 2.24. The molecule has 0 spiro atoms. The minimum absolute atomic E-state index is 0.354. The molecule has 0 aromatic heterocycles. The van der Waals surface area contributed by atoms with Crippen LogP contribution >= 0.6 is 0 Å². The summed E-state index contributed by atoms with van der Waals surface area (Å²) in [7, 11) is 0. The highest BCUT2D eigenvalue weighted by atomic mass is 19.1. The van der Waals surface area contributed by atoms with Crippen molar-refractivity contribution >= 4 is 11.7 Å². The van der Waals surface area contributed by atoms with Crippen LogP contribution in [0.15, 0.2) is 18.2 Å². The van der Waals surface area contributed by atoms with Crippen LogP contribution in [0.5, 0.6) is 0 Å². The van der Waals surface area contributed by atoms with Gasteiger partial charge >= 0.3 is 5.97 Å². The number of carbonyl (C=O) groups is 1. The number of halogens is 1. The Bertz CT molecular complexity index is 421. The summed E-state index contributed by atoms with van der Waals surface area (Å²) in [5.74, 6) is -2.23. The van der Waals surface area contributed by atoms with Crippen molar-refractivity contribution in [2.75, 3.05) is 0 Å². The first-order valence-electron chi connectivity index (χ1n) is 3.85. The van der Waals surface area contributed by atoms with E-state index < -0.39 is 28.4 Å². The predicted molar refractivity (Wildman–Crippen MR) is 47.6 cm³/mol. The first-order valence-corrected chi connectivity index (χ1v) is 3.85. The van der Waals surface area contributed by atoms with Crippen molar-refractivity contribution in [1.82, 2.24) is 0 Å². The summed E-state index contributed by atoms with van der Waals surface area (Å²) in [6.45, 7) is 0. The SMILES string of the molecule is NC(C(=O)O)c1cc(F)ccc1[N+](=O)[O-]. The molecular weight excluding hydrogens is 207 g/mol. The maximum Gasteiger partial charge on any atom is 0.325 e. The normalized spacial score (nSPS) is 12.1. The molecule has 1 rings (SSSR count). The molecule has 0 amide bonds. The number of benzene rings is 1. The van der Waals surface area contributed by atoms with Gasteiger partial charge in [0.25, 0.3) is 5.69 Å². The van der Waals surface area contributed by atoms with Crippen molar-refractivity contribution in [2.45, 2.75) is 6.04 Å². The Morgan fingerprint density at radius 3 is 2.67 bits per heavy atom. The van der Waals surface area contributed by atoms with Crippen LogP contribution < -0.4 is 5.73 Å². The lowest BCUT2D eigenvalue weighted by Gasteiger charge is -2.06. The summed E-state index contributed by atoms with van der Waals surface area (Å²) in [6.07, 6.45) is 0. The molecule has 1 unspecified atom stereocenters. The molecule has 6 nitrogen and oxygen atoms in total. The largest absolute Gasteiger partial charge is 0.480 e. The van der Waals surface area contributed by atoms with Gasteiger partial charge in [0.2, 0.25) is 0 Å². The molecule has 0 saturated heterocycles. The molecule has 3 N–H and O–H groups in total. The Hall–Kier alpha value is -2.02. The van der Waals surface area contributed by atoms with Crippen LogP contribution in [0.3, 0.4) is 0 Å². The number of carboxylic acid groups (broad SMARTS) is 1. The Kier molecular flexibility index (Phi) is 2.96. The minimum atomic E-state index is -1.61. The average molecular weight is 214 g/mol. The van der Waals surface area contributed by atoms with Crippen LogP contribution in [0.4, 0.5) is 10.1 Å². The van der Waals surface area contributed by atoms with Crippen LogP contribution in [-0.2, 0) is 4.79 Å². The zero-order valence-corrected chi connectivity index (χ0v) is 7.38.